The van der Waals surface area contributed by atoms with Crippen LogP contribution in [0.3, 0.4) is 0 Å². The van der Waals surface area contributed by atoms with Gasteiger partial charge in [-0.3, -0.25) is 4.79 Å². The summed E-state index contributed by atoms with van der Waals surface area (Å²) in [5.41, 5.74) is 2.63. The average Bonchev–Trinajstić information content (AvgIpc) is 2.28. The van der Waals surface area contributed by atoms with E-state index in [-0.39, 0.29) is 6.10 Å². The van der Waals surface area contributed by atoms with Crippen molar-refractivity contribution in [2.45, 2.75) is 58.5 Å². The van der Waals surface area contributed by atoms with Gasteiger partial charge in [-0.25, -0.2) is 0 Å². The van der Waals surface area contributed by atoms with Crippen LogP contribution in [0.25, 0.3) is 0 Å². The summed E-state index contributed by atoms with van der Waals surface area (Å²) in [4.78, 5) is 11.4. The van der Waals surface area contributed by atoms with Gasteiger partial charge < -0.3 is 4.74 Å². The van der Waals surface area contributed by atoms with Crippen molar-refractivity contribution in [1.82, 2.24) is 0 Å². The van der Waals surface area contributed by atoms with Gasteiger partial charge in [0.25, 0.3) is 0 Å². The highest BCUT2D eigenvalue weighted by molar-refractivity contribution is 5.79. The molecule has 0 saturated heterocycles. The van der Waals surface area contributed by atoms with E-state index < -0.39 is 0 Å². The van der Waals surface area contributed by atoms with Gasteiger partial charge in [-0.2, -0.15) is 0 Å². The van der Waals surface area contributed by atoms with Crippen LogP contribution in [-0.4, -0.2) is 11.9 Å². The highest BCUT2D eigenvalue weighted by atomic mass is 16.5. The fourth-order valence-electron chi connectivity index (χ4n) is 2.65. The van der Waals surface area contributed by atoms with Gasteiger partial charge in [0.2, 0.25) is 0 Å². The summed E-state index contributed by atoms with van der Waals surface area (Å²) in [7, 11) is 0. The Morgan fingerprint density at radius 2 is 2.11 bits per heavy atom. The normalized spacial score (nSPS) is 20.2. The van der Waals surface area contributed by atoms with Crippen molar-refractivity contribution < 1.29 is 9.53 Å². The second-order valence-corrected chi connectivity index (χ2v) is 5.55. The predicted molar refractivity (Wildman–Crippen MR) is 73.2 cm³/mol. The van der Waals surface area contributed by atoms with Gasteiger partial charge >= 0.3 is 0 Å². The van der Waals surface area contributed by atoms with Crippen LogP contribution in [0, 0.1) is 6.92 Å². The first kappa shape index (κ1) is 13.1. The van der Waals surface area contributed by atoms with Crippen molar-refractivity contribution in [2.24, 2.45) is 0 Å². The lowest BCUT2D eigenvalue weighted by atomic mass is 9.96. The van der Waals surface area contributed by atoms with Crippen LogP contribution in [-0.2, 0) is 4.79 Å². The fourth-order valence-corrected chi connectivity index (χ4v) is 2.65. The van der Waals surface area contributed by atoms with Crippen molar-refractivity contribution in [2.75, 3.05) is 0 Å². The number of ether oxygens (including phenoxy) is 1. The molecule has 0 aromatic heterocycles. The van der Waals surface area contributed by atoms with Crippen molar-refractivity contribution in [3.05, 3.63) is 29.3 Å². The van der Waals surface area contributed by atoms with Crippen molar-refractivity contribution in [1.29, 1.82) is 0 Å². The van der Waals surface area contributed by atoms with Crippen LogP contribution in [0.2, 0.25) is 0 Å². The lowest BCUT2D eigenvalue weighted by Crippen LogP contribution is -2.25. The molecule has 1 fully saturated rings. The lowest BCUT2D eigenvalue weighted by Gasteiger charge is -2.23. The second-order valence-electron chi connectivity index (χ2n) is 5.55. The third kappa shape index (κ3) is 3.12. The topological polar surface area (TPSA) is 26.3 Å². The molecule has 0 N–H and O–H groups in total. The number of carbonyl (C=O) groups is 1. The minimum absolute atomic E-state index is 0.0792. The number of hydrogen-bond donors (Lipinski definition) is 0. The molecule has 1 aromatic rings. The fraction of sp³-hybridized carbons (Fsp3) is 0.562. The molecule has 2 heteroatoms. The van der Waals surface area contributed by atoms with Gasteiger partial charge in [-0.1, -0.05) is 19.9 Å². The molecule has 98 valence electrons. The molecule has 1 saturated carbocycles. The first-order valence-electron chi connectivity index (χ1n) is 6.85. The van der Waals surface area contributed by atoms with E-state index in [4.69, 9.17) is 4.74 Å². The summed E-state index contributed by atoms with van der Waals surface area (Å²) in [6.07, 6.45) is 3.34. The Kier molecular flexibility index (Phi) is 4.05. The maximum Gasteiger partial charge on any atom is 0.136 e. The standard InChI is InChI=1S/C16H22O2/c1-11(2)16-8-7-15(9-12(16)3)18-14-6-4-5-13(17)10-14/h7-9,11,14H,4-6,10H2,1-3H3. The number of hydrogen-bond acceptors (Lipinski definition) is 2. The number of carbonyl (C=O) groups excluding carboxylic acids is 1. The van der Waals surface area contributed by atoms with E-state index in [1.165, 1.54) is 11.1 Å². The van der Waals surface area contributed by atoms with E-state index in [9.17, 15) is 4.79 Å². The Morgan fingerprint density at radius 3 is 2.72 bits per heavy atom. The van der Waals surface area contributed by atoms with E-state index in [0.29, 0.717) is 18.1 Å². The molecule has 0 radical (unpaired) electrons. The van der Waals surface area contributed by atoms with Crippen molar-refractivity contribution in [3.8, 4) is 5.75 Å². The van der Waals surface area contributed by atoms with Gasteiger partial charge in [0.1, 0.15) is 17.6 Å². The zero-order valence-electron chi connectivity index (χ0n) is 11.5. The predicted octanol–water partition coefficient (Wildman–Crippen LogP) is 4.01. The third-order valence-corrected chi connectivity index (χ3v) is 3.60. The average molecular weight is 246 g/mol. The molecule has 1 aliphatic rings. The molecule has 0 heterocycles. The smallest absolute Gasteiger partial charge is 0.136 e. The van der Waals surface area contributed by atoms with Gasteiger partial charge in [0.15, 0.2) is 0 Å². The summed E-state index contributed by atoms with van der Waals surface area (Å²) in [6, 6.07) is 6.26. The number of benzene rings is 1. The molecule has 0 bridgehead atoms. The summed E-state index contributed by atoms with van der Waals surface area (Å²) < 4.78 is 5.92. The molecule has 2 rings (SSSR count). The first-order valence-corrected chi connectivity index (χ1v) is 6.85. The van der Waals surface area contributed by atoms with E-state index in [2.05, 4.69) is 32.9 Å². The van der Waals surface area contributed by atoms with Crippen molar-refractivity contribution in [3.63, 3.8) is 0 Å². The van der Waals surface area contributed by atoms with E-state index in [1.54, 1.807) is 0 Å². The number of Topliss-reactive ketones (excluding diaryl/α,β-unsaturated/α-hetero) is 1. The second kappa shape index (κ2) is 5.55. The van der Waals surface area contributed by atoms with Crippen LogP contribution in [0.1, 0.15) is 56.6 Å². The molecule has 1 unspecified atom stereocenters. The Bertz CT molecular complexity index is 435. The van der Waals surface area contributed by atoms with E-state index in [0.717, 1.165) is 25.0 Å². The molecule has 0 spiro atoms. The van der Waals surface area contributed by atoms with Crippen LogP contribution < -0.4 is 4.74 Å². The summed E-state index contributed by atoms with van der Waals surface area (Å²) in [5.74, 6) is 1.77. The van der Waals surface area contributed by atoms with Crippen LogP contribution in [0.15, 0.2) is 18.2 Å². The zero-order valence-corrected chi connectivity index (χ0v) is 11.5. The molecule has 1 aliphatic carbocycles. The SMILES string of the molecule is Cc1cc(OC2CCCC(=O)C2)ccc1C(C)C. The minimum Gasteiger partial charge on any atom is -0.490 e. The molecular weight excluding hydrogens is 224 g/mol. The Morgan fingerprint density at radius 1 is 1.33 bits per heavy atom. The maximum atomic E-state index is 11.4. The van der Waals surface area contributed by atoms with E-state index in [1.807, 2.05) is 6.07 Å². The largest absolute Gasteiger partial charge is 0.490 e. The van der Waals surface area contributed by atoms with Crippen molar-refractivity contribution >= 4 is 5.78 Å². The summed E-state index contributed by atoms with van der Waals surface area (Å²) in [5, 5.41) is 0. The Balaban J connectivity index is 2.05. The quantitative estimate of drug-likeness (QED) is 0.805. The lowest BCUT2D eigenvalue weighted by molar-refractivity contribution is -0.122. The molecule has 18 heavy (non-hydrogen) atoms. The van der Waals surface area contributed by atoms with Gasteiger partial charge in [0, 0.05) is 12.8 Å². The van der Waals surface area contributed by atoms with E-state index >= 15 is 0 Å². The minimum atomic E-state index is 0.0792. The number of rotatable bonds is 3. The van der Waals surface area contributed by atoms with Crippen LogP contribution >= 0.6 is 0 Å². The summed E-state index contributed by atoms with van der Waals surface area (Å²) in [6.45, 7) is 6.51. The molecule has 1 aromatic carbocycles. The monoisotopic (exact) mass is 246 g/mol. The number of aryl methyl sites for hydroxylation is 1. The zero-order chi connectivity index (χ0) is 13.1. The van der Waals surface area contributed by atoms with Gasteiger partial charge in [0.05, 0.1) is 0 Å². The molecular formula is C16H22O2. The molecule has 2 nitrogen and oxygen atoms in total. The third-order valence-electron chi connectivity index (χ3n) is 3.60. The van der Waals surface area contributed by atoms with Crippen LogP contribution in [0.5, 0.6) is 5.75 Å². The summed E-state index contributed by atoms with van der Waals surface area (Å²) >= 11 is 0. The first-order chi connectivity index (χ1) is 8.56. The van der Waals surface area contributed by atoms with Gasteiger partial charge in [-0.15, -0.1) is 0 Å². The molecule has 1 atom stereocenters. The number of ketones is 1. The van der Waals surface area contributed by atoms with Crippen LogP contribution in [0.4, 0.5) is 0 Å². The highest BCUT2D eigenvalue weighted by Gasteiger charge is 2.21. The Labute approximate surface area is 109 Å². The highest BCUT2D eigenvalue weighted by Crippen LogP contribution is 2.26. The van der Waals surface area contributed by atoms with Gasteiger partial charge in [-0.05, 0) is 48.9 Å². The Hall–Kier alpha value is -1.31. The molecule has 0 aliphatic heterocycles. The maximum absolute atomic E-state index is 11.4. The molecule has 0 amide bonds.